The Morgan fingerprint density at radius 2 is 1.71 bits per heavy atom. The number of rotatable bonds is 4. The summed E-state index contributed by atoms with van der Waals surface area (Å²) < 4.78 is 5.37. The molecule has 0 bridgehead atoms. The number of anilines is 1. The lowest BCUT2D eigenvalue weighted by molar-refractivity contribution is 0.0634. The minimum atomic E-state index is -0.971. The van der Waals surface area contributed by atoms with Crippen LogP contribution < -0.4 is 5.32 Å². The standard InChI is InChI=1S/C25H24N4O4.C2H6/c1-14-17(6-5-7-19(14)29-24(32)33-25(2,3)4)21-18-12-20(28-22(18)27-13-26-21)15-8-10-16(11-9-15)23(30)31;1-2/h5-13H,1-4H3,(H,29,32)(H,30,31)(H,26,27,28);1-2H3. The minimum absolute atomic E-state index is 0.222. The average Bonchev–Trinajstić information content (AvgIpc) is 3.25. The molecular formula is C27H30N4O4. The van der Waals surface area contributed by atoms with E-state index in [9.17, 15) is 9.59 Å². The van der Waals surface area contributed by atoms with Crippen LogP contribution in [-0.4, -0.2) is 37.7 Å². The summed E-state index contributed by atoms with van der Waals surface area (Å²) in [5.41, 5.74) is 4.95. The second-order valence-corrected chi connectivity index (χ2v) is 8.66. The van der Waals surface area contributed by atoms with E-state index in [2.05, 4.69) is 20.3 Å². The van der Waals surface area contributed by atoms with Gasteiger partial charge in [0.1, 0.15) is 17.6 Å². The number of aromatic amines is 1. The lowest BCUT2D eigenvalue weighted by Gasteiger charge is -2.20. The Morgan fingerprint density at radius 3 is 2.34 bits per heavy atom. The molecule has 0 saturated carbocycles. The third kappa shape index (κ3) is 5.84. The van der Waals surface area contributed by atoms with Crippen molar-refractivity contribution in [1.29, 1.82) is 0 Å². The molecule has 2 heterocycles. The highest BCUT2D eigenvalue weighted by Gasteiger charge is 2.19. The van der Waals surface area contributed by atoms with Crippen molar-refractivity contribution in [2.45, 2.75) is 47.1 Å². The van der Waals surface area contributed by atoms with Gasteiger partial charge >= 0.3 is 12.1 Å². The van der Waals surface area contributed by atoms with Crippen LogP contribution in [-0.2, 0) is 4.74 Å². The van der Waals surface area contributed by atoms with Crippen LogP contribution >= 0.6 is 0 Å². The molecule has 0 aliphatic heterocycles. The van der Waals surface area contributed by atoms with Crippen LogP contribution in [0, 0.1) is 6.92 Å². The molecule has 2 aromatic carbocycles. The van der Waals surface area contributed by atoms with E-state index < -0.39 is 17.7 Å². The van der Waals surface area contributed by atoms with E-state index in [1.165, 1.54) is 6.33 Å². The highest BCUT2D eigenvalue weighted by atomic mass is 16.6. The summed E-state index contributed by atoms with van der Waals surface area (Å²) in [6.45, 7) is 11.3. The lowest BCUT2D eigenvalue weighted by atomic mass is 10.0. The molecule has 0 unspecified atom stereocenters. The van der Waals surface area contributed by atoms with Crippen molar-refractivity contribution >= 4 is 28.8 Å². The van der Waals surface area contributed by atoms with Crippen LogP contribution in [0.25, 0.3) is 33.5 Å². The summed E-state index contributed by atoms with van der Waals surface area (Å²) >= 11 is 0. The Morgan fingerprint density at radius 1 is 1.03 bits per heavy atom. The van der Waals surface area contributed by atoms with Crippen molar-refractivity contribution in [3.8, 4) is 22.5 Å². The molecule has 0 aliphatic carbocycles. The van der Waals surface area contributed by atoms with Crippen LogP contribution in [0.3, 0.4) is 0 Å². The third-order valence-corrected chi connectivity index (χ3v) is 5.09. The topological polar surface area (TPSA) is 117 Å². The number of fused-ring (bicyclic) bond motifs is 1. The van der Waals surface area contributed by atoms with Gasteiger partial charge in [0.15, 0.2) is 0 Å². The molecule has 8 heteroatoms. The van der Waals surface area contributed by atoms with E-state index in [1.807, 2.05) is 65.8 Å². The lowest BCUT2D eigenvalue weighted by Crippen LogP contribution is -2.27. The number of hydrogen-bond acceptors (Lipinski definition) is 5. The fraction of sp³-hybridized carbons (Fsp3) is 0.259. The first-order valence-electron chi connectivity index (χ1n) is 11.4. The van der Waals surface area contributed by atoms with Crippen LogP contribution in [0.15, 0.2) is 54.9 Å². The molecular weight excluding hydrogens is 444 g/mol. The Bertz CT molecular complexity index is 1350. The van der Waals surface area contributed by atoms with Crippen LogP contribution in [0.5, 0.6) is 0 Å². The first-order valence-corrected chi connectivity index (χ1v) is 11.4. The number of aromatic nitrogens is 3. The van der Waals surface area contributed by atoms with Gasteiger partial charge in [-0.15, -0.1) is 0 Å². The quantitative estimate of drug-likeness (QED) is 0.304. The second kappa shape index (κ2) is 10.4. The van der Waals surface area contributed by atoms with Gasteiger partial charge < -0.3 is 14.8 Å². The van der Waals surface area contributed by atoms with E-state index in [0.717, 1.165) is 33.5 Å². The minimum Gasteiger partial charge on any atom is -0.478 e. The van der Waals surface area contributed by atoms with Gasteiger partial charge in [0.2, 0.25) is 0 Å². The fourth-order valence-electron chi connectivity index (χ4n) is 3.54. The smallest absolute Gasteiger partial charge is 0.412 e. The molecule has 3 N–H and O–H groups in total. The zero-order chi connectivity index (χ0) is 25.8. The summed E-state index contributed by atoms with van der Waals surface area (Å²) in [7, 11) is 0. The Kier molecular flexibility index (Phi) is 7.54. The number of H-pyrrole nitrogens is 1. The molecule has 4 aromatic rings. The molecule has 1 amide bonds. The van der Waals surface area contributed by atoms with E-state index in [-0.39, 0.29) is 5.56 Å². The maximum atomic E-state index is 12.3. The van der Waals surface area contributed by atoms with Crippen LogP contribution in [0.1, 0.15) is 50.5 Å². The van der Waals surface area contributed by atoms with Gasteiger partial charge in [-0.1, -0.05) is 38.1 Å². The summed E-state index contributed by atoms with van der Waals surface area (Å²) in [5, 5.41) is 12.7. The normalized spacial score (nSPS) is 10.9. The maximum Gasteiger partial charge on any atom is 0.412 e. The Balaban J connectivity index is 0.00000167. The molecule has 182 valence electrons. The molecule has 0 saturated heterocycles. The Hall–Kier alpha value is -4.20. The summed E-state index contributed by atoms with van der Waals surface area (Å²) in [4.78, 5) is 35.5. The van der Waals surface area contributed by atoms with Crippen molar-refractivity contribution in [2.75, 3.05) is 5.32 Å². The number of carbonyl (C=O) groups excluding carboxylic acids is 1. The zero-order valence-corrected chi connectivity index (χ0v) is 20.8. The van der Waals surface area contributed by atoms with E-state index in [0.29, 0.717) is 11.3 Å². The number of aromatic carboxylic acids is 1. The van der Waals surface area contributed by atoms with E-state index in [1.54, 1.807) is 24.3 Å². The van der Waals surface area contributed by atoms with E-state index >= 15 is 0 Å². The number of nitrogens with one attached hydrogen (secondary N) is 2. The van der Waals surface area contributed by atoms with E-state index in [4.69, 9.17) is 9.84 Å². The summed E-state index contributed by atoms with van der Waals surface area (Å²) in [6, 6.07) is 14.2. The van der Waals surface area contributed by atoms with Gasteiger partial charge in [-0.3, -0.25) is 5.32 Å². The third-order valence-electron chi connectivity index (χ3n) is 5.09. The van der Waals surface area contributed by atoms with Crippen molar-refractivity contribution in [2.24, 2.45) is 0 Å². The molecule has 0 radical (unpaired) electrons. The number of benzene rings is 2. The number of hydrogen-bond donors (Lipinski definition) is 3. The van der Waals surface area contributed by atoms with Crippen molar-refractivity contribution in [3.63, 3.8) is 0 Å². The molecule has 0 aliphatic rings. The zero-order valence-electron chi connectivity index (χ0n) is 20.8. The number of carbonyl (C=O) groups is 2. The van der Waals surface area contributed by atoms with Crippen molar-refractivity contribution in [1.82, 2.24) is 15.0 Å². The molecule has 0 atom stereocenters. The first kappa shape index (κ1) is 25.4. The van der Waals surface area contributed by atoms with Gasteiger partial charge in [0.25, 0.3) is 0 Å². The monoisotopic (exact) mass is 474 g/mol. The van der Waals surface area contributed by atoms with Gasteiger partial charge in [0, 0.05) is 22.3 Å². The predicted octanol–water partition coefficient (Wildman–Crippen LogP) is 6.67. The number of carboxylic acids is 1. The number of ether oxygens (including phenoxy) is 1. The van der Waals surface area contributed by atoms with Crippen molar-refractivity contribution in [3.05, 3.63) is 66.0 Å². The average molecular weight is 475 g/mol. The van der Waals surface area contributed by atoms with Gasteiger partial charge in [0.05, 0.1) is 11.3 Å². The van der Waals surface area contributed by atoms with Gasteiger partial charge in [-0.2, -0.15) is 0 Å². The molecule has 0 spiro atoms. The number of nitrogens with zero attached hydrogens (tertiary/aromatic N) is 2. The Labute approximate surface area is 204 Å². The van der Waals surface area contributed by atoms with Crippen LogP contribution in [0.4, 0.5) is 10.5 Å². The van der Waals surface area contributed by atoms with Gasteiger partial charge in [-0.25, -0.2) is 19.6 Å². The molecule has 4 rings (SSSR count). The molecule has 0 fully saturated rings. The second-order valence-electron chi connectivity index (χ2n) is 8.66. The van der Waals surface area contributed by atoms with Crippen LogP contribution in [0.2, 0.25) is 0 Å². The molecule has 2 aromatic heterocycles. The first-order chi connectivity index (χ1) is 16.6. The summed E-state index contributed by atoms with van der Waals surface area (Å²) in [6.07, 6.45) is 0.961. The maximum absolute atomic E-state index is 12.3. The highest BCUT2D eigenvalue weighted by molar-refractivity contribution is 5.97. The fourth-order valence-corrected chi connectivity index (χ4v) is 3.54. The number of amides is 1. The molecule has 35 heavy (non-hydrogen) atoms. The largest absolute Gasteiger partial charge is 0.478 e. The molecule has 8 nitrogen and oxygen atoms in total. The SMILES string of the molecule is CC.Cc1c(NC(=O)OC(C)(C)C)cccc1-c1ncnc2[nH]c(-c3ccc(C(=O)O)cc3)cc12. The number of carboxylic acid groups (broad SMARTS) is 1. The predicted molar refractivity (Wildman–Crippen MR) is 138 cm³/mol. The van der Waals surface area contributed by atoms with Crippen molar-refractivity contribution < 1.29 is 19.4 Å². The summed E-state index contributed by atoms with van der Waals surface area (Å²) in [5.74, 6) is -0.971. The highest BCUT2D eigenvalue weighted by Crippen LogP contribution is 2.34. The van der Waals surface area contributed by atoms with Gasteiger partial charge in [-0.05, 0) is 63.1 Å².